The van der Waals surface area contributed by atoms with E-state index in [9.17, 15) is 24.4 Å². The highest BCUT2D eigenvalue weighted by atomic mass is 16.5. The van der Waals surface area contributed by atoms with Crippen LogP contribution in [0.3, 0.4) is 0 Å². The Labute approximate surface area is 185 Å². The zero-order chi connectivity index (χ0) is 23.3. The van der Waals surface area contributed by atoms with Gasteiger partial charge < -0.3 is 14.2 Å². The van der Waals surface area contributed by atoms with E-state index in [0.717, 1.165) is 6.08 Å². The Balaban J connectivity index is 1.85. The van der Waals surface area contributed by atoms with Crippen LogP contribution in [0, 0.1) is 17.2 Å². The summed E-state index contributed by atoms with van der Waals surface area (Å²) in [6.07, 6.45) is 1.74. The number of nitrogens with zero attached hydrogens (tertiary/aromatic N) is 3. The number of ether oxygens (including phenoxy) is 3. The van der Waals surface area contributed by atoms with Crippen LogP contribution in [0.2, 0.25) is 0 Å². The second-order valence-electron chi connectivity index (χ2n) is 8.50. The van der Waals surface area contributed by atoms with Crippen LogP contribution in [-0.4, -0.2) is 91.4 Å². The number of fused-ring (bicyclic) bond motifs is 4. The molecule has 0 saturated carbocycles. The van der Waals surface area contributed by atoms with Crippen LogP contribution in [0.1, 0.15) is 19.8 Å². The average Bonchev–Trinajstić information content (AvgIpc) is 3.02. The standard InChI is InChI=1S/C22H25N3O7/c1-10(26)32-9-16-19-11(21(28)18(30-3)7-17(19)27)5-14-20-12(22(29)31-4)6-13(24(20)2)15(8-23)25(14)16/h7,12-16,20H,5-6,9H2,1-4H3/t12-,13+,14+,15?,16+,20-/m1/s1. The van der Waals surface area contributed by atoms with Gasteiger partial charge in [-0.25, -0.2) is 0 Å². The lowest BCUT2D eigenvalue weighted by Gasteiger charge is -2.54. The van der Waals surface area contributed by atoms with Crippen LogP contribution < -0.4 is 0 Å². The van der Waals surface area contributed by atoms with Crippen LogP contribution in [0.4, 0.5) is 0 Å². The number of rotatable bonds is 4. The zero-order valence-electron chi connectivity index (χ0n) is 18.4. The zero-order valence-corrected chi connectivity index (χ0v) is 18.4. The van der Waals surface area contributed by atoms with Gasteiger partial charge in [-0.05, 0) is 19.9 Å². The highest BCUT2D eigenvalue weighted by Crippen LogP contribution is 2.48. The van der Waals surface area contributed by atoms with Crippen molar-refractivity contribution in [2.45, 2.75) is 50.0 Å². The molecule has 10 nitrogen and oxygen atoms in total. The molecule has 0 N–H and O–H groups in total. The van der Waals surface area contributed by atoms with Gasteiger partial charge in [-0.1, -0.05) is 0 Å². The lowest BCUT2D eigenvalue weighted by Crippen LogP contribution is -2.69. The first-order chi connectivity index (χ1) is 15.2. The number of piperazine rings is 1. The summed E-state index contributed by atoms with van der Waals surface area (Å²) >= 11 is 0. The Bertz CT molecular complexity index is 994. The predicted octanol–water partition coefficient (Wildman–Crippen LogP) is -0.261. The van der Waals surface area contributed by atoms with Crippen molar-refractivity contribution < 1.29 is 33.4 Å². The summed E-state index contributed by atoms with van der Waals surface area (Å²) in [7, 11) is 4.51. The van der Waals surface area contributed by atoms with E-state index in [1.807, 2.05) is 16.8 Å². The highest BCUT2D eigenvalue weighted by Gasteiger charge is 2.61. The van der Waals surface area contributed by atoms with Gasteiger partial charge in [-0.3, -0.25) is 29.0 Å². The average molecular weight is 443 g/mol. The molecule has 2 bridgehead atoms. The summed E-state index contributed by atoms with van der Waals surface area (Å²) in [5, 5.41) is 10.1. The molecule has 4 aliphatic rings. The molecule has 0 radical (unpaired) electrons. The molecule has 10 heteroatoms. The molecule has 0 aromatic rings. The van der Waals surface area contributed by atoms with E-state index in [1.54, 1.807) is 0 Å². The molecule has 0 aromatic heterocycles. The van der Waals surface area contributed by atoms with E-state index in [2.05, 4.69) is 6.07 Å². The summed E-state index contributed by atoms with van der Waals surface area (Å²) in [6.45, 7) is 1.08. The first kappa shape index (κ1) is 22.2. The number of carbonyl (C=O) groups excluding carboxylic acids is 4. The van der Waals surface area contributed by atoms with Crippen LogP contribution in [0.15, 0.2) is 23.0 Å². The molecule has 1 unspecified atom stereocenters. The van der Waals surface area contributed by atoms with E-state index in [0.29, 0.717) is 6.42 Å². The number of Topliss-reactive ketones (excluding diaryl/α,β-unsaturated/α-hetero) is 1. The number of hydrogen-bond donors (Lipinski definition) is 0. The first-order valence-corrected chi connectivity index (χ1v) is 10.4. The molecule has 170 valence electrons. The number of methoxy groups -OCH3 is 2. The van der Waals surface area contributed by atoms with E-state index in [-0.39, 0.29) is 48.0 Å². The Hall–Kier alpha value is -3.03. The van der Waals surface area contributed by atoms with Crippen molar-refractivity contribution in [2.75, 3.05) is 27.9 Å². The van der Waals surface area contributed by atoms with Crippen molar-refractivity contribution in [3.63, 3.8) is 0 Å². The van der Waals surface area contributed by atoms with Crippen LogP contribution in [0.25, 0.3) is 0 Å². The van der Waals surface area contributed by atoms with Gasteiger partial charge >= 0.3 is 11.9 Å². The molecule has 2 saturated heterocycles. The molecule has 4 rings (SSSR count). The van der Waals surface area contributed by atoms with Crippen molar-refractivity contribution in [3.8, 4) is 6.07 Å². The second kappa shape index (κ2) is 8.15. The van der Waals surface area contributed by atoms with Gasteiger partial charge in [0.1, 0.15) is 12.6 Å². The Morgan fingerprint density at radius 3 is 2.56 bits per heavy atom. The molecule has 2 fully saturated rings. The van der Waals surface area contributed by atoms with Crippen molar-refractivity contribution >= 4 is 23.5 Å². The molecule has 6 atom stereocenters. The third kappa shape index (κ3) is 3.15. The van der Waals surface area contributed by atoms with Gasteiger partial charge in [0.15, 0.2) is 11.5 Å². The summed E-state index contributed by atoms with van der Waals surface area (Å²) < 4.78 is 15.4. The Kier molecular flexibility index (Phi) is 5.65. The quantitative estimate of drug-likeness (QED) is 0.424. The number of esters is 2. The summed E-state index contributed by atoms with van der Waals surface area (Å²) in [4.78, 5) is 54.2. The lowest BCUT2D eigenvalue weighted by molar-refractivity contribution is -0.148. The molecular weight excluding hydrogens is 418 g/mol. The maximum absolute atomic E-state index is 13.1. The van der Waals surface area contributed by atoms with E-state index < -0.39 is 41.6 Å². The monoisotopic (exact) mass is 443 g/mol. The number of nitriles is 1. The largest absolute Gasteiger partial charge is 0.493 e. The highest BCUT2D eigenvalue weighted by molar-refractivity contribution is 6.22. The maximum Gasteiger partial charge on any atom is 0.310 e. The summed E-state index contributed by atoms with van der Waals surface area (Å²) in [6, 6.07) is -0.144. The van der Waals surface area contributed by atoms with Gasteiger partial charge in [0.05, 0.1) is 32.2 Å². The molecule has 3 heterocycles. The predicted molar refractivity (Wildman–Crippen MR) is 108 cm³/mol. The van der Waals surface area contributed by atoms with Crippen molar-refractivity contribution in [2.24, 2.45) is 5.92 Å². The van der Waals surface area contributed by atoms with E-state index in [1.165, 1.54) is 21.1 Å². The Morgan fingerprint density at radius 1 is 1.25 bits per heavy atom. The van der Waals surface area contributed by atoms with Gasteiger partial charge in [0.2, 0.25) is 5.78 Å². The minimum atomic E-state index is -0.779. The van der Waals surface area contributed by atoms with Gasteiger partial charge in [-0.2, -0.15) is 5.26 Å². The number of carbonyl (C=O) groups is 4. The SMILES string of the molecule is COC(=O)[C@@H]1C[C@H]2C(C#N)N3[C@@H](COC(C)=O)C4=C(C[C@H]3[C@@H]1N2C)C(=O)C(OC)=CC4=O. The number of ketones is 2. The van der Waals surface area contributed by atoms with Gasteiger partial charge in [0, 0.05) is 42.3 Å². The number of likely N-dealkylation sites (N-methyl/N-ethyl adjacent to an activating group) is 1. The third-order valence-electron chi connectivity index (χ3n) is 7.12. The third-order valence-corrected chi connectivity index (χ3v) is 7.12. The number of hydrogen-bond acceptors (Lipinski definition) is 10. The fraction of sp³-hybridized carbons (Fsp3) is 0.591. The molecule has 0 aromatic carbocycles. The smallest absolute Gasteiger partial charge is 0.310 e. The number of allylic oxidation sites excluding steroid dienone is 2. The Morgan fingerprint density at radius 2 is 1.97 bits per heavy atom. The lowest BCUT2D eigenvalue weighted by atomic mass is 9.76. The van der Waals surface area contributed by atoms with Crippen molar-refractivity contribution in [3.05, 3.63) is 23.0 Å². The normalized spacial score (nSPS) is 34.3. The molecule has 0 amide bonds. The fourth-order valence-electron chi connectivity index (χ4n) is 5.86. The van der Waals surface area contributed by atoms with E-state index >= 15 is 0 Å². The van der Waals surface area contributed by atoms with Gasteiger partial charge in [0.25, 0.3) is 0 Å². The topological polar surface area (TPSA) is 126 Å². The van der Waals surface area contributed by atoms with Crippen molar-refractivity contribution in [1.82, 2.24) is 9.80 Å². The van der Waals surface area contributed by atoms with Crippen LogP contribution >= 0.6 is 0 Å². The fourth-order valence-corrected chi connectivity index (χ4v) is 5.86. The minimum absolute atomic E-state index is 0.0525. The van der Waals surface area contributed by atoms with Crippen LogP contribution in [-0.2, 0) is 33.4 Å². The molecule has 3 aliphatic heterocycles. The minimum Gasteiger partial charge on any atom is -0.493 e. The first-order valence-electron chi connectivity index (χ1n) is 10.4. The molecule has 0 spiro atoms. The van der Waals surface area contributed by atoms with Crippen molar-refractivity contribution in [1.29, 1.82) is 5.26 Å². The van der Waals surface area contributed by atoms with Gasteiger partial charge in [-0.15, -0.1) is 0 Å². The maximum atomic E-state index is 13.1. The van der Waals surface area contributed by atoms with E-state index in [4.69, 9.17) is 14.2 Å². The molecule has 32 heavy (non-hydrogen) atoms. The summed E-state index contributed by atoms with van der Waals surface area (Å²) in [5.74, 6) is -2.25. The summed E-state index contributed by atoms with van der Waals surface area (Å²) in [5.41, 5.74) is 0.513. The molecular formula is C22H25N3O7. The second-order valence-corrected chi connectivity index (χ2v) is 8.50. The molecule has 1 aliphatic carbocycles. The van der Waals surface area contributed by atoms with Crippen LogP contribution in [0.5, 0.6) is 0 Å².